The maximum absolute atomic E-state index is 12.8. The quantitative estimate of drug-likeness (QED) is 0.684. The number of nitrogens with one attached hydrogen (secondary N) is 2. The highest BCUT2D eigenvalue weighted by Crippen LogP contribution is 2.31. The van der Waals surface area contributed by atoms with Gasteiger partial charge in [0.15, 0.2) is 0 Å². The average Bonchev–Trinajstić information content (AvgIpc) is 3.08. The van der Waals surface area contributed by atoms with E-state index in [9.17, 15) is 9.59 Å². The Bertz CT molecular complexity index is 1030. The van der Waals surface area contributed by atoms with Gasteiger partial charge in [0.2, 0.25) is 11.8 Å². The van der Waals surface area contributed by atoms with Crippen molar-refractivity contribution in [1.82, 2.24) is 9.78 Å². The minimum Gasteiger partial charge on any atom is -0.323 e. The number of hydrogen-bond acceptors (Lipinski definition) is 3. The van der Waals surface area contributed by atoms with Crippen molar-refractivity contribution in [2.45, 2.75) is 12.5 Å². The van der Waals surface area contributed by atoms with Gasteiger partial charge in [0.25, 0.3) is 0 Å². The molecule has 0 saturated carbocycles. The monoisotopic (exact) mass is 400 g/mol. The third kappa shape index (κ3) is 3.54. The average molecular weight is 401 g/mol. The number of fused-ring (bicyclic) bond motifs is 1. The molecule has 136 valence electrons. The van der Waals surface area contributed by atoms with Crippen LogP contribution >= 0.6 is 23.2 Å². The summed E-state index contributed by atoms with van der Waals surface area (Å²) in [5.74, 6) is -0.144. The van der Waals surface area contributed by atoms with Crippen LogP contribution in [0.1, 0.15) is 12.5 Å². The van der Waals surface area contributed by atoms with Gasteiger partial charge in [-0.2, -0.15) is 5.10 Å². The smallest absolute Gasteiger partial charge is 0.249 e. The summed E-state index contributed by atoms with van der Waals surface area (Å²) in [5, 5.41) is 10.8. The molecule has 2 amide bonds. The Morgan fingerprint density at radius 3 is 2.67 bits per heavy atom. The largest absolute Gasteiger partial charge is 0.323 e. The number of aromatic nitrogens is 2. The van der Waals surface area contributed by atoms with Crippen molar-refractivity contribution in [2.75, 3.05) is 10.6 Å². The van der Waals surface area contributed by atoms with E-state index < -0.39 is 6.04 Å². The van der Waals surface area contributed by atoms with E-state index in [4.69, 9.17) is 23.2 Å². The van der Waals surface area contributed by atoms with Gasteiger partial charge in [-0.1, -0.05) is 53.5 Å². The lowest BCUT2D eigenvalue weighted by Gasteiger charge is -2.23. The molecule has 0 saturated heterocycles. The SMILES string of the molecule is O=C1C[C@@H](C(=O)Nc2ccc(Cl)cc2Cl)n2nc(-c3ccccc3)cc2N1. The number of nitrogens with zero attached hydrogens (tertiary/aromatic N) is 2. The molecule has 0 unspecified atom stereocenters. The fraction of sp³-hybridized carbons (Fsp3) is 0.105. The lowest BCUT2D eigenvalue weighted by molar-refractivity contribution is -0.125. The number of halogens is 2. The first-order valence-corrected chi connectivity index (χ1v) is 8.97. The first-order valence-electron chi connectivity index (χ1n) is 8.22. The summed E-state index contributed by atoms with van der Waals surface area (Å²) in [6.07, 6.45) is -0.0139. The summed E-state index contributed by atoms with van der Waals surface area (Å²) in [6.45, 7) is 0. The zero-order valence-electron chi connectivity index (χ0n) is 13.9. The van der Waals surface area contributed by atoms with E-state index in [1.807, 2.05) is 30.3 Å². The van der Waals surface area contributed by atoms with Crippen LogP contribution in [-0.2, 0) is 9.59 Å². The van der Waals surface area contributed by atoms with Crippen molar-refractivity contribution in [3.05, 3.63) is 64.6 Å². The second-order valence-electron chi connectivity index (χ2n) is 6.11. The summed E-state index contributed by atoms with van der Waals surface area (Å²) in [6, 6.07) is 15.3. The van der Waals surface area contributed by atoms with Crippen molar-refractivity contribution in [3.63, 3.8) is 0 Å². The Labute approximate surface area is 165 Å². The fourth-order valence-corrected chi connectivity index (χ4v) is 3.40. The molecule has 1 aliphatic rings. The zero-order chi connectivity index (χ0) is 19.0. The number of carbonyl (C=O) groups is 2. The third-order valence-corrected chi connectivity index (χ3v) is 4.79. The summed E-state index contributed by atoms with van der Waals surface area (Å²) in [7, 11) is 0. The molecule has 1 aromatic heterocycles. The minimum atomic E-state index is -0.780. The van der Waals surface area contributed by atoms with Crippen LogP contribution in [0.5, 0.6) is 0 Å². The Morgan fingerprint density at radius 2 is 1.93 bits per heavy atom. The number of benzene rings is 2. The first-order chi connectivity index (χ1) is 13.0. The van der Waals surface area contributed by atoms with Crippen LogP contribution in [0.25, 0.3) is 11.3 Å². The summed E-state index contributed by atoms with van der Waals surface area (Å²) in [5.41, 5.74) is 2.00. The van der Waals surface area contributed by atoms with E-state index in [0.717, 1.165) is 5.56 Å². The summed E-state index contributed by atoms with van der Waals surface area (Å²) >= 11 is 12.0. The molecule has 4 rings (SSSR count). The number of carbonyl (C=O) groups excluding carboxylic acids is 2. The molecular weight excluding hydrogens is 387 g/mol. The summed E-state index contributed by atoms with van der Waals surface area (Å²) in [4.78, 5) is 24.9. The first kappa shape index (κ1) is 17.6. The van der Waals surface area contributed by atoms with Gasteiger partial charge in [0, 0.05) is 16.7 Å². The maximum Gasteiger partial charge on any atom is 0.249 e. The van der Waals surface area contributed by atoms with E-state index in [0.29, 0.717) is 27.2 Å². The van der Waals surface area contributed by atoms with E-state index >= 15 is 0 Å². The van der Waals surface area contributed by atoms with Gasteiger partial charge in [-0.3, -0.25) is 9.59 Å². The Balaban J connectivity index is 1.65. The molecule has 0 spiro atoms. The molecule has 6 nitrogen and oxygen atoms in total. The van der Waals surface area contributed by atoms with Crippen LogP contribution in [0.2, 0.25) is 10.0 Å². The predicted molar refractivity (Wildman–Crippen MR) is 105 cm³/mol. The molecular formula is C19H14Cl2N4O2. The number of amides is 2. The van der Waals surface area contributed by atoms with Crippen LogP contribution in [0.15, 0.2) is 54.6 Å². The number of anilines is 2. The topological polar surface area (TPSA) is 76.0 Å². The van der Waals surface area contributed by atoms with Gasteiger partial charge < -0.3 is 10.6 Å². The molecule has 2 N–H and O–H groups in total. The van der Waals surface area contributed by atoms with Crippen LogP contribution in [0.3, 0.4) is 0 Å². The second kappa shape index (κ2) is 7.06. The van der Waals surface area contributed by atoms with E-state index in [1.165, 1.54) is 4.68 Å². The highest BCUT2D eigenvalue weighted by Gasteiger charge is 2.32. The van der Waals surface area contributed by atoms with Crippen molar-refractivity contribution < 1.29 is 9.59 Å². The molecule has 0 bridgehead atoms. The molecule has 1 aliphatic heterocycles. The van der Waals surface area contributed by atoms with Gasteiger partial charge in [0.1, 0.15) is 11.9 Å². The molecule has 0 radical (unpaired) electrons. The fourth-order valence-electron chi connectivity index (χ4n) is 2.94. The highest BCUT2D eigenvalue weighted by molar-refractivity contribution is 6.36. The Morgan fingerprint density at radius 1 is 1.15 bits per heavy atom. The number of rotatable bonds is 3. The van der Waals surface area contributed by atoms with Crippen LogP contribution in [0, 0.1) is 0 Å². The molecule has 2 heterocycles. The van der Waals surface area contributed by atoms with Crippen molar-refractivity contribution >= 4 is 46.5 Å². The van der Waals surface area contributed by atoms with E-state index in [1.54, 1.807) is 24.3 Å². The van der Waals surface area contributed by atoms with E-state index in [-0.39, 0.29) is 18.2 Å². The van der Waals surface area contributed by atoms with Crippen molar-refractivity contribution in [1.29, 1.82) is 0 Å². The molecule has 27 heavy (non-hydrogen) atoms. The Kier molecular flexibility index (Phi) is 4.59. The predicted octanol–water partition coefficient (Wildman–Crippen LogP) is 4.38. The lowest BCUT2D eigenvalue weighted by atomic mass is 10.1. The maximum atomic E-state index is 12.8. The highest BCUT2D eigenvalue weighted by atomic mass is 35.5. The molecule has 8 heteroatoms. The zero-order valence-corrected chi connectivity index (χ0v) is 15.5. The minimum absolute atomic E-state index is 0.0139. The van der Waals surface area contributed by atoms with Crippen molar-refractivity contribution in [3.8, 4) is 11.3 Å². The van der Waals surface area contributed by atoms with Gasteiger partial charge in [-0.05, 0) is 18.2 Å². The van der Waals surface area contributed by atoms with Gasteiger partial charge >= 0.3 is 0 Å². The van der Waals surface area contributed by atoms with E-state index in [2.05, 4.69) is 15.7 Å². The molecule has 0 fully saturated rings. The summed E-state index contributed by atoms with van der Waals surface area (Å²) < 4.78 is 1.53. The Hall–Kier alpha value is -2.83. The second-order valence-corrected chi connectivity index (χ2v) is 6.95. The third-order valence-electron chi connectivity index (χ3n) is 4.24. The van der Waals surface area contributed by atoms with Gasteiger partial charge in [-0.15, -0.1) is 0 Å². The molecule has 2 aromatic carbocycles. The lowest BCUT2D eigenvalue weighted by Crippen LogP contribution is -2.35. The van der Waals surface area contributed by atoms with Crippen LogP contribution in [-0.4, -0.2) is 21.6 Å². The van der Waals surface area contributed by atoms with Gasteiger partial charge in [0.05, 0.1) is 22.8 Å². The molecule has 0 aliphatic carbocycles. The molecule has 3 aromatic rings. The standard InChI is InChI=1S/C19H14Cl2N4O2/c20-12-6-7-14(13(21)8-12)22-19(27)16-10-18(26)23-17-9-15(24-25(16)17)11-4-2-1-3-5-11/h1-9,16H,10H2,(H,22,27)(H,23,26)/t16-/m0/s1. The van der Waals surface area contributed by atoms with Gasteiger partial charge in [-0.25, -0.2) is 4.68 Å². The van der Waals surface area contributed by atoms with Crippen molar-refractivity contribution in [2.24, 2.45) is 0 Å². The number of hydrogen-bond donors (Lipinski definition) is 2. The normalized spacial score (nSPS) is 15.8. The molecule has 1 atom stereocenters. The van der Waals surface area contributed by atoms with Crippen LogP contribution in [0.4, 0.5) is 11.5 Å². The van der Waals surface area contributed by atoms with Crippen LogP contribution < -0.4 is 10.6 Å².